The molecule has 0 amide bonds. The summed E-state index contributed by atoms with van der Waals surface area (Å²) in [4.78, 5) is -0.0800. The summed E-state index contributed by atoms with van der Waals surface area (Å²) in [6.07, 6.45) is 0. The Balaban J connectivity index is 2.48. The average molecular weight is 431 g/mol. The molecule has 0 unspecified atom stereocenters. The molecule has 0 saturated heterocycles. The van der Waals surface area contributed by atoms with E-state index < -0.39 is 10.0 Å². The van der Waals surface area contributed by atoms with Gasteiger partial charge >= 0.3 is 0 Å². The van der Waals surface area contributed by atoms with Gasteiger partial charge in [0.2, 0.25) is 0 Å². The molecule has 0 bridgehead atoms. The summed E-state index contributed by atoms with van der Waals surface area (Å²) in [6.45, 7) is 0. The topological polar surface area (TPSA) is 72.2 Å². The smallest absolute Gasteiger partial charge is 0.263 e. The highest BCUT2D eigenvalue weighted by Crippen LogP contribution is 2.33. The van der Waals surface area contributed by atoms with Gasteiger partial charge in [0.05, 0.1) is 10.2 Å². The van der Waals surface area contributed by atoms with Crippen molar-refractivity contribution in [1.29, 1.82) is 0 Å². The highest BCUT2D eigenvalue weighted by molar-refractivity contribution is 9.10. The summed E-state index contributed by atoms with van der Waals surface area (Å²) in [5, 5.41) is 0.829. The number of rotatable bonds is 3. The lowest BCUT2D eigenvalue weighted by molar-refractivity contribution is 0.601. The Morgan fingerprint density at radius 1 is 0.952 bits per heavy atom. The summed E-state index contributed by atoms with van der Waals surface area (Å²) in [5.74, 6) is 0. The highest BCUT2D eigenvalue weighted by atomic mass is 79.9. The van der Waals surface area contributed by atoms with Gasteiger partial charge in [-0.3, -0.25) is 4.72 Å². The molecule has 4 nitrogen and oxygen atoms in total. The molecular weight excluding hydrogens is 422 g/mol. The number of halogens is 4. The summed E-state index contributed by atoms with van der Waals surface area (Å²) in [5.41, 5.74) is 6.14. The Morgan fingerprint density at radius 3 is 2.05 bits per heavy atom. The van der Waals surface area contributed by atoms with Crippen molar-refractivity contribution < 1.29 is 8.42 Å². The van der Waals surface area contributed by atoms with Gasteiger partial charge in [-0.05, 0) is 46.3 Å². The van der Waals surface area contributed by atoms with Gasteiger partial charge in [-0.25, -0.2) is 8.42 Å². The van der Waals surface area contributed by atoms with E-state index in [4.69, 9.17) is 40.5 Å². The average Bonchev–Trinajstić information content (AvgIpc) is 2.31. The van der Waals surface area contributed by atoms with Crippen molar-refractivity contribution >= 4 is 72.1 Å². The van der Waals surface area contributed by atoms with Crippen LogP contribution in [0.4, 0.5) is 11.4 Å². The molecule has 21 heavy (non-hydrogen) atoms. The number of benzene rings is 2. The zero-order valence-corrected chi connectivity index (χ0v) is 14.9. The number of nitrogen functional groups attached to an aromatic ring is 1. The van der Waals surface area contributed by atoms with Crippen LogP contribution >= 0.6 is 50.7 Å². The van der Waals surface area contributed by atoms with Crippen LogP contribution < -0.4 is 10.5 Å². The summed E-state index contributed by atoms with van der Waals surface area (Å²) in [6, 6.07) is 7.10. The maximum Gasteiger partial charge on any atom is 0.263 e. The number of nitrogens with two attached hydrogens (primary N) is 1. The van der Waals surface area contributed by atoms with Gasteiger partial charge in [0.25, 0.3) is 10.0 Å². The molecule has 112 valence electrons. The Bertz CT molecular complexity index is 792. The monoisotopic (exact) mass is 428 g/mol. The first kappa shape index (κ1) is 16.7. The molecule has 2 aromatic rings. The van der Waals surface area contributed by atoms with Crippen molar-refractivity contribution in [3.63, 3.8) is 0 Å². The molecule has 0 aliphatic carbocycles. The zero-order chi connectivity index (χ0) is 15.8. The molecule has 0 aliphatic heterocycles. The van der Waals surface area contributed by atoms with E-state index in [0.717, 1.165) is 0 Å². The predicted molar refractivity (Wildman–Crippen MR) is 90.8 cm³/mol. The molecule has 0 heterocycles. The van der Waals surface area contributed by atoms with Gasteiger partial charge in [-0.1, -0.05) is 34.8 Å². The molecule has 0 atom stereocenters. The summed E-state index contributed by atoms with van der Waals surface area (Å²) in [7, 11) is -3.90. The van der Waals surface area contributed by atoms with E-state index in [2.05, 4.69) is 20.7 Å². The molecular formula is C12H8BrCl3N2O2S. The minimum atomic E-state index is -3.90. The molecule has 0 saturated carbocycles. The third kappa shape index (κ3) is 3.96. The minimum absolute atomic E-state index is 0.0800. The summed E-state index contributed by atoms with van der Waals surface area (Å²) >= 11 is 20.7. The molecule has 2 rings (SSSR count). The number of sulfonamides is 1. The number of nitrogens with one attached hydrogen (secondary N) is 1. The van der Waals surface area contributed by atoms with Crippen molar-refractivity contribution in [3.8, 4) is 0 Å². The van der Waals surface area contributed by atoms with Crippen LogP contribution in [-0.2, 0) is 10.0 Å². The Labute approximate surface area is 145 Å². The molecule has 2 aromatic carbocycles. The largest absolute Gasteiger partial charge is 0.398 e. The van der Waals surface area contributed by atoms with Gasteiger partial charge < -0.3 is 5.73 Å². The van der Waals surface area contributed by atoms with E-state index in [1.165, 1.54) is 30.3 Å². The second kappa shape index (κ2) is 6.22. The molecule has 0 aliphatic rings. The Morgan fingerprint density at radius 2 is 1.48 bits per heavy atom. The first-order valence-electron chi connectivity index (χ1n) is 5.42. The normalized spacial score (nSPS) is 11.4. The van der Waals surface area contributed by atoms with Crippen LogP contribution in [0.15, 0.2) is 39.7 Å². The predicted octanol–water partition coefficient (Wildman–Crippen LogP) is 4.79. The second-order valence-electron chi connectivity index (χ2n) is 4.07. The Kier molecular flexibility index (Phi) is 4.95. The van der Waals surface area contributed by atoms with Crippen LogP contribution in [0.3, 0.4) is 0 Å². The van der Waals surface area contributed by atoms with Gasteiger partial charge in [-0.2, -0.15) is 0 Å². The van der Waals surface area contributed by atoms with Crippen LogP contribution in [0.25, 0.3) is 0 Å². The molecule has 0 radical (unpaired) electrons. The standard InChI is InChI=1S/C12H8BrCl3N2O2S/c13-12-10(17)4-8(16)5-11(12)21(19,20)18-9-2-6(14)1-7(15)3-9/h1-5,18H,17H2. The molecule has 0 spiro atoms. The zero-order valence-electron chi connectivity index (χ0n) is 10.2. The quantitative estimate of drug-likeness (QED) is 0.688. The van der Waals surface area contributed by atoms with Crippen LogP contribution in [0.2, 0.25) is 15.1 Å². The van der Waals surface area contributed by atoms with Crippen LogP contribution in [0.5, 0.6) is 0 Å². The molecule has 3 N–H and O–H groups in total. The third-order valence-electron chi connectivity index (χ3n) is 2.44. The van der Waals surface area contributed by atoms with Gasteiger partial charge in [-0.15, -0.1) is 0 Å². The minimum Gasteiger partial charge on any atom is -0.398 e. The van der Waals surface area contributed by atoms with E-state index >= 15 is 0 Å². The maximum absolute atomic E-state index is 12.4. The van der Waals surface area contributed by atoms with E-state index in [1.54, 1.807) is 0 Å². The van der Waals surface area contributed by atoms with Crippen molar-refractivity contribution in [2.45, 2.75) is 4.90 Å². The van der Waals surface area contributed by atoms with Crippen molar-refractivity contribution in [2.75, 3.05) is 10.5 Å². The summed E-state index contributed by atoms with van der Waals surface area (Å²) < 4.78 is 27.4. The molecule has 0 aromatic heterocycles. The highest BCUT2D eigenvalue weighted by Gasteiger charge is 2.20. The fourth-order valence-electron chi connectivity index (χ4n) is 1.60. The number of hydrogen-bond acceptors (Lipinski definition) is 3. The van der Waals surface area contributed by atoms with Gasteiger partial charge in [0.15, 0.2) is 0 Å². The maximum atomic E-state index is 12.4. The van der Waals surface area contributed by atoms with Crippen molar-refractivity contribution in [3.05, 3.63) is 49.9 Å². The lowest BCUT2D eigenvalue weighted by Crippen LogP contribution is -2.14. The van der Waals surface area contributed by atoms with Crippen LogP contribution in [0, 0.1) is 0 Å². The van der Waals surface area contributed by atoms with E-state index in [-0.39, 0.29) is 25.8 Å². The van der Waals surface area contributed by atoms with Crippen molar-refractivity contribution in [1.82, 2.24) is 0 Å². The van der Waals surface area contributed by atoms with Gasteiger partial charge in [0.1, 0.15) is 4.90 Å². The number of hydrogen-bond donors (Lipinski definition) is 2. The van der Waals surface area contributed by atoms with Crippen molar-refractivity contribution in [2.24, 2.45) is 0 Å². The third-order valence-corrected chi connectivity index (χ3v) is 5.64. The first-order valence-corrected chi connectivity index (χ1v) is 8.83. The van der Waals surface area contributed by atoms with Gasteiger partial charge in [0, 0.05) is 20.8 Å². The van der Waals surface area contributed by atoms with E-state index in [0.29, 0.717) is 10.0 Å². The van der Waals surface area contributed by atoms with E-state index in [1.807, 2.05) is 0 Å². The fourth-order valence-corrected chi connectivity index (χ4v) is 4.46. The molecule has 0 fully saturated rings. The first-order chi connectivity index (χ1) is 9.69. The number of anilines is 2. The second-order valence-corrected chi connectivity index (χ2v) is 7.82. The van der Waals surface area contributed by atoms with Crippen LogP contribution in [0.1, 0.15) is 0 Å². The SMILES string of the molecule is Nc1cc(Cl)cc(S(=O)(=O)Nc2cc(Cl)cc(Cl)c2)c1Br. The fraction of sp³-hybridized carbons (Fsp3) is 0. The van der Waals surface area contributed by atoms with E-state index in [9.17, 15) is 8.42 Å². The lowest BCUT2D eigenvalue weighted by atomic mass is 10.3. The van der Waals surface area contributed by atoms with Crippen LogP contribution in [-0.4, -0.2) is 8.42 Å². The molecule has 9 heteroatoms. The Hall–Kier alpha value is -0.660. The lowest BCUT2D eigenvalue weighted by Gasteiger charge is -2.12.